The molecule has 132 valence electrons. The van der Waals surface area contributed by atoms with Gasteiger partial charge < -0.3 is 15.1 Å². The number of aryl methyl sites for hydroxylation is 1. The lowest BCUT2D eigenvalue weighted by Crippen LogP contribution is -2.37. The van der Waals surface area contributed by atoms with E-state index in [1.807, 2.05) is 74.4 Å². The van der Waals surface area contributed by atoms with Gasteiger partial charge in [-0.05, 0) is 42.3 Å². The number of anilines is 3. The minimum atomic E-state index is -0.223. The van der Waals surface area contributed by atoms with E-state index in [1.54, 1.807) is 0 Å². The molecule has 5 nitrogen and oxygen atoms in total. The molecule has 0 saturated heterocycles. The predicted octanol–water partition coefficient (Wildman–Crippen LogP) is 3.31. The van der Waals surface area contributed by atoms with E-state index in [1.165, 1.54) is 11.8 Å². The smallest absolute Gasteiger partial charge is 0.244 e. The molecule has 0 aliphatic rings. The van der Waals surface area contributed by atoms with Crippen LogP contribution >= 0.6 is 0 Å². The summed E-state index contributed by atoms with van der Waals surface area (Å²) < 4.78 is 0. The van der Waals surface area contributed by atoms with Gasteiger partial charge in [0.05, 0.1) is 0 Å². The number of para-hydroxylation sites is 1. The van der Waals surface area contributed by atoms with E-state index in [0.717, 1.165) is 23.4 Å². The van der Waals surface area contributed by atoms with Crippen LogP contribution in [0.15, 0.2) is 48.5 Å². The molecule has 0 spiro atoms. The normalized spacial score (nSPS) is 10.2. The van der Waals surface area contributed by atoms with E-state index in [2.05, 4.69) is 5.32 Å². The van der Waals surface area contributed by atoms with Gasteiger partial charge in [0.15, 0.2) is 0 Å². The Balaban J connectivity index is 2.11. The monoisotopic (exact) mass is 339 g/mol. The van der Waals surface area contributed by atoms with Crippen LogP contribution in [-0.2, 0) is 16.0 Å². The van der Waals surface area contributed by atoms with Crippen molar-refractivity contribution in [3.63, 3.8) is 0 Å². The molecule has 0 heterocycles. The summed E-state index contributed by atoms with van der Waals surface area (Å²) in [4.78, 5) is 28.0. The number of carbonyl (C=O) groups is 2. The molecular weight excluding hydrogens is 314 g/mol. The number of carbonyl (C=O) groups excluding carboxylic acids is 2. The summed E-state index contributed by atoms with van der Waals surface area (Å²) in [5.74, 6) is -0.377. The van der Waals surface area contributed by atoms with Crippen molar-refractivity contribution in [3.8, 4) is 0 Å². The molecule has 5 heteroatoms. The van der Waals surface area contributed by atoms with E-state index in [0.29, 0.717) is 5.69 Å². The number of hydrogen-bond acceptors (Lipinski definition) is 3. The third-order valence-electron chi connectivity index (χ3n) is 4.01. The maximum Gasteiger partial charge on any atom is 0.244 e. The van der Waals surface area contributed by atoms with Gasteiger partial charge in [-0.15, -0.1) is 0 Å². The predicted molar refractivity (Wildman–Crippen MR) is 103 cm³/mol. The molecule has 0 unspecified atom stereocenters. The van der Waals surface area contributed by atoms with Crippen LogP contribution in [0.3, 0.4) is 0 Å². The van der Waals surface area contributed by atoms with E-state index < -0.39 is 0 Å². The molecule has 0 aliphatic heterocycles. The first kappa shape index (κ1) is 18.5. The van der Waals surface area contributed by atoms with Crippen molar-refractivity contribution in [1.82, 2.24) is 0 Å². The number of hydrogen-bond donors (Lipinski definition) is 1. The van der Waals surface area contributed by atoms with Crippen LogP contribution in [0.5, 0.6) is 0 Å². The first-order valence-corrected chi connectivity index (χ1v) is 8.35. The van der Waals surface area contributed by atoms with E-state index in [9.17, 15) is 9.59 Å². The highest BCUT2D eigenvalue weighted by Crippen LogP contribution is 2.21. The van der Waals surface area contributed by atoms with Gasteiger partial charge in [-0.2, -0.15) is 0 Å². The largest absolute Gasteiger partial charge is 0.378 e. The second kappa shape index (κ2) is 8.33. The van der Waals surface area contributed by atoms with Crippen LogP contribution < -0.4 is 15.1 Å². The number of rotatable bonds is 6. The van der Waals surface area contributed by atoms with Gasteiger partial charge in [0, 0.05) is 38.1 Å². The second-order valence-corrected chi connectivity index (χ2v) is 6.08. The van der Waals surface area contributed by atoms with Gasteiger partial charge in [-0.25, -0.2) is 0 Å². The zero-order valence-corrected chi connectivity index (χ0v) is 15.2. The van der Waals surface area contributed by atoms with Crippen LogP contribution in [0.1, 0.15) is 19.4 Å². The number of nitrogens with one attached hydrogen (secondary N) is 1. The van der Waals surface area contributed by atoms with Gasteiger partial charge in [0.2, 0.25) is 11.8 Å². The van der Waals surface area contributed by atoms with Crippen molar-refractivity contribution in [2.24, 2.45) is 0 Å². The Morgan fingerprint density at radius 3 is 2.20 bits per heavy atom. The molecule has 0 bridgehead atoms. The van der Waals surface area contributed by atoms with Crippen molar-refractivity contribution in [1.29, 1.82) is 0 Å². The van der Waals surface area contributed by atoms with Crippen LogP contribution in [0, 0.1) is 0 Å². The molecule has 0 radical (unpaired) electrons. The fourth-order valence-electron chi connectivity index (χ4n) is 2.63. The molecule has 1 N–H and O–H groups in total. The van der Waals surface area contributed by atoms with Gasteiger partial charge >= 0.3 is 0 Å². The van der Waals surface area contributed by atoms with E-state index in [4.69, 9.17) is 0 Å². The SMILES string of the molecule is CCc1ccccc1N(CC(=O)Nc1ccc(N(C)C)cc1)C(C)=O. The number of benzene rings is 2. The maximum atomic E-state index is 12.4. The van der Waals surface area contributed by atoms with Crippen molar-refractivity contribution in [2.45, 2.75) is 20.3 Å². The summed E-state index contributed by atoms with van der Waals surface area (Å²) in [7, 11) is 3.92. The average molecular weight is 339 g/mol. The highest BCUT2D eigenvalue weighted by molar-refractivity contribution is 6.02. The molecule has 2 amide bonds. The standard InChI is InChI=1S/C20H25N3O2/c1-5-16-8-6-7-9-19(16)23(15(2)24)14-20(25)21-17-10-12-18(13-11-17)22(3)4/h6-13H,5,14H2,1-4H3,(H,21,25). The third kappa shape index (κ3) is 4.83. The first-order valence-electron chi connectivity index (χ1n) is 8.35. The molecular formula is C20H25N3O2. The summed E-state index contributed by atoms with van der Waals surface area (Å²) in [5.41, 5.74) is 3.60. The Kier molecular flexibility index (Phi) is 6.17. The molecule has 0 fully saturated rings. The first-order chi connectivity index (χ1) is 11.9. The lowest BCUT2D eigenvalue weighted by atomic mass is 10.1. The Hall–Kier alpha value is -2.82. The van der Waals surface area contributed by atoms with Gasteiger partial charge in [-0.3, -0.25) is 9.59 Å². The minimum Gasteiger partial charge on any atom is -0.378 e. The quantitative estimate of drug-likeness (QED) is 0.878. The molecule has 2 aromatic carbocycles. The lowest BCUT2D eigenvalue weighted by molar-refractivity contribution is -0.120. The third-order valence-corrected chi connectivity index (χ3v) is 4.01. The fraction of sp³-hybridized carbons (Fsp3) is 0.300. The second-order valence-electron chi connectivity index (χ2n) is 6.08. The lowest BCUT2D eigenvalue weighted by Gasteiger charge is -2.23. The van der Waals surface area contributed by atoms with E-state index >= 15 is 0 Å². The highest BCUT2D eigenvalue weighted by Gasteiger charge is 2.18. The number of nitrogens with zero attached hydrogens (tertiary/aromatic N) is 2. The fourth-order valence-corrected chi connectivity index (χ4v) is 2.63. The van der Waals surface area contributed by atoms with Crippen molar-refractivity contribution >= 4 is 28.9 Å². The Morgan fingerprint density at radius 2 is 1.64 bits per heavy atom. The van der Waals surface area contributed by atoms with Crippen LogP contribution in [-0.4, -0.2) is 32.5 Å². The molecule has 0 aromatic heterocycles. The molecule has 2 aromatic rings. The molecule has 0 atom stereocenters. The molecule has 0 aliphatic carbocycles. The zero-order chi connectivity index (χ0) is 18.4. The molecule has 25 heavy (non-hydrogen) atoms. The van der Waals surface area contributed by atoms with E-state index in [-0.39, 0.29) is 18.4 Å². The van der Waals surface area contributed by atoms with Crippen molar-refractivity contribution < 1.29 is 9.59 Å². The summed E-state index contributed by atoms with van der Waals surface area (Å²) in [6.45, 7) is 3.50. The topological polar surface area (TPSA) is 52.7 Å². The highest BCUT2D eigenvalue weighted by atomic mass is 16.2. The van der Waals surface area contributed by atoms with Gasteiger partial charge in [-0.1, -0.05) is 25.1 Å². The maximum absolute atomic E-state index is 12.4. The Bertz CT molecular complexity index is 739. The Labute approximate surface area is 149 Å². The van der Waals surface area contributed by atoms with Gasteiger partial charge in [0.25, 0.3) is 0 Å². The zero-order valence-electron chi connectivity index (χ0n) is 15.2. The van der Waals surface area contributed by atoms with Crippen molar-refractivity contribution in [3.05, 3.63) is 54.1 Å². The summed E-state index contributed by atoms with van der Waals surface area (Å²) in [6, 6.07) is 15.2. The van der Waals surface area contributed by atoms with Crippen LogP contribution in [0.2, 0.25) is 0 Å². The van der Waals surface area contributed by atoms with Crippen LogP contribution in [0.4, 0.5) is 17.1 Å². The molecule has 2 rings (SSSR count). The van der Waals surface area contributed by atoms with Crippen molar-refractivity contribution in [2.75, 3.05) is 35.8 Å². The van der Waals surface area contributed by atoms with Crippen LogP contribution in [0.25, 0.3) is 0 Å². The molecule has 0 saturated carbocycles. The minimum absolute atomic E-state index is 0.0121. The number of amides is 2. The average Bonchev–Trinajstić information content (AvgIpc) is 2.60. The summed E-state index contributed by atoms with van der Waals surface area (Å²) in [5, 5.41) is 2.85. The summed E-state index contributed by atoms with van der Waals surface area (Å²) in [6.07, 6.45) is 0.799. The Morgan fingerprint density at radius 1 is 1.00 bits per heavy atom. The van der Waals surface area contributed by atoms with Gasteiger partial charge in [0.1, 0.15) is 6.54 Å². The summed E-state index contributed by atoms with van der Waals surface area (Å²) >= 11 is 0.